The molecule has 1 heterocycles. The van der Waals surface area contributed by atoms with Gasteiger partial charge in [0, 0.05) is 7.05 Å². The molecule has 0 saturated carbocycles. The third-order valence-electron chi connectivity index (χ3n) is 2.25. The molecule has 0 unspecified atom stereocenters. The van der Waals surface area contributed by atoms with Gasteiger partial charge in [-0.3, -0.25) is 4.98 Å². The highest BCUT2D eigenvalue weighted by Crippen LogP contribution is 2.24. The second-order valence-corrected chi connectivity index (χ2v) is 3.89. The molecule has 0 bridgehead atoms. The van der Waals surface area contributed by atoms with Gasteiger partial charge in [0.05, 0.1) is 23.1 Å². The molecule has 0 aliphatic carbocycles. The van der Waals surface area contributed by atoms with E-state index in [1.165, 1.54) is 12.1 Å². The van der Waals surface area contributed by atoms with Gasteiger partial charge in [0.25, 0.3) is 0 Å². The van der Waals surface area contributed by atoms with Crippen LogP contribution in [0.3, 0.4) is 0 Å². The zero-order valence-corrected chi connectivity index (χ0v) is 10.4. The van der Waals surface area contributed by atoms with Crippen LogP contribution in [0.25, 0.3) is 0 Å². The second kappa shape index (κ2) is 5.64. The number of hydrogen-bond acceptors (Lipinski definition) is 4. The zero-order valence-electron chi connectivity index (χ0n) is 9.65. The lowest BCUT2D eigenvalue weighted by molar-refractivity contribution is 0.285. The first-order chi connectivity index (χ1) is 8.70. The van der Waals surface area contributed by atoms with Crippen molar-refractivity contribution in [3.63, 3.8) is 0 Å². The molecule has 0 fully saturated rings. The summed E-state index contributed by atoms with van der Waals surface area (Å²) in [6, 6.07) is 4.60. The highest BCUT2D eigenvalue weighted by molar-refractivity contribution is 6.30. The van der Waals surface area contributed by atoms with Crippen molar-refractivity contribution in [3.05, 3.63) is 47.1 Å². The molecule has 18 heavy (non-hydrogen) atoms. The van der Waals surface area contributed by atoms with Crippen LogP contribution in [0.5, 0.6) is 5.75 Å². The van der Waals surface area contributed by atoms with Crippen molar-refractivity contribution in [1.82, 2.24) is 9.97 Å². The summed E-state index contributed by atoms with van der Waals surface area (Å²) in [5, 5.41) is 2.88. The average Bonchev–Trinajstić information content (AvgIpc) is 2.41. The monoisotopic (exact) mass is 267 g/mol. The number of nitrogens with one attached hydrogen (secondary N) is 1. The summed E-state index contributed by atoms with van der Waals surface area (Å²) in [7, 11) is 1.75. The van der Waals surface area contributed by atoms with Crippen molar-refractivity contribution in [2.45, 2.75) is 6.61 Å². The first-order valence-electron chi connectivity index (χ1n) is 5.26. The van der Waals surface area contributed by atoms with Crippen LogP contribution >= 0.6 is 11.6 Å². The van der Waals surface area contributed by atoms with E-state index in [9.17, 15) is 4.39 Å². The molecule has 0 spiro atoms. The summed E-state index contributed by atoms with van der Waals surface area (Å²) in [4.78, 5) is 8.19. The van der Waals surface area contributed by atoms with Gasteiger partial charge >= 0.3 is 0 Å². The molecule has 94 valence electrons. The van der Waals surface area contributed by atoms with Gasteiger partial charge in [-0.25, -0.2) is 9.37 Å². The normalized spacial score (nSPS) is 10.2. The lowest BCUT2D eigenvalue weighted by Crippen LogP contribution is -2.02. The van der Waals surface area contributed by atoms with Crippen LogP contribution in [0.4, 0.5) is 10.2 Å². The van der Waals surface area contributed by atoms with Crippen molar-refractivity contribution in [3.8, 4) is 5.75 Å². The molecule has 0 radical (unpaired) electrons. The maximum atomic E-state index is 13.5. The third kappa shape index (κ3) is 2.87. The van der Waals surface area contributed by atoms with Gasteiger partial charge in [-0.2, -0.15) is 0 Å². The number of anilines is 1. The number of ether oxygens (including phenoxy) is 1. The topological polar surface area (TPSA) is 47.0 Å². The lowest BCUT2D eigenvalue weighted by Gasteiger charge is -2.07. The fraction of sp³-hybridized carbons (Fsp3) is 0.167. The molecule has 1 N–H and O–H groups in total. The molecule has 6 heteroatoms. The summed E-state index contributed by atoms with van der Waals surface area (Å²) in [5.41, 5.74) is 0.605. The SMILES string of the molecule is CNc1cnc(COc2cccc(Cl)c2F)cn1. The van der Waals surface area contributed by atoms with Crippen LogP contribution in [0.15, 0.2) is 30.6 Å². The summed E-state index contributed by atoms with van der Waals surface area (Å²) < 4.78 is 18.8. The van der Waals surface area contributed by atoms with Gasteiger partial charge in [0.2, 0.25) is 0 Å². The van der Waals surface area contributed by atoms with E-state index in [4.69, 9.17) is 16.3 Å². The molecular formula is C12H11ClFN3O. The highest BCUT2D eigenvalue weighted by Gasteiger charge is 2.07. The Bertz CT molecular complexity index is 533. The number of halogens is 2. The largest absolute Gasteiger partial charge is 0.484 e. The van der Waals surface area contributed by atoms with Crippen molar-refractivity contribution in [1.29, 1.82) is 0 Å². The molecule has 4 nitrogen and oxygen atoms in total. The van der Waals surface area contributed by atoms with Gasteiger partial charge in [-0.05, 0) is 12.1 Å². The van der Waals surface area contributed by atoms with Crippen LogP contribution in [0, 0.1) is 5.82 Å². The minimum absolute atomic E-state index is 0.0316. The Morgan fingerprint density at radius 3 is 2.83 bits per heavy atom. The standard InChI is InChI=1S/C12H11ClFN3O/c1-15-11-6-16-8(5-17-11)7-18-10-4-2-3-9(13)12(10)14/h2-6H,7H2,1H3,(H,15,17). The van der Waals surface area contributed by atoms with E-state index in [0.29, 0.717) is 11.5 Å². The summed E-state index contributed by atoms with van der Waals surface area (Å²) in [6.07, 6.45) is 3.14. The van der Waals surface area contributed by atoms with Crippen molar-refractivity contribution < 1.29 is 9.13 Å². The maximum absolute atomic E-state index is 13.5. The molecule has 1 aromatic carbocycles. The molecular weight excluding hydrogens is 257 g/mol. The predicted octanol–water partition coefficient (Wildman–Crippen LogP) is 2.89. The fourth-order valence-corrected chi connectivity index (χ4v) is 1.47. The number of benzene rings is 1. The highest BCUT2D eigenvalue weighted by atomic mass is 35.5. The number of aromatic nitrogens is 2. The second-order valence-electron chi connectivity index (χ2n) is 3.48. The Hall–Kier alpha value is -1.88. The minimum atomic E-state index is -0.570. The van der Waals surface area contributed by atoms with E-state index in [1.807, 2.05) is 0 Å². The number of hydrogen-bond donors (Lipinski definition) is 1. The van der Waals surface area contributed by atoms with Crippen LogP contribution in [0.2, 0.25) is 5.02 Å². The van der Waals surface area contributed by atoms with Crippen LogP contribution < -0.4 is 10.1 Å². The molecule has 0 aliphatic heterocycles. The van der Waals surface area contributed by atoms with E-state index in [2.05, 4.69) is 15.3 Å². The Morgan fingerprint density at radius 2 is 2.17 bits per heavy atom. The van der Waals surface area contributed by atoms with Crippen LogP contribution in [-0.4, -0.2) is 17.0 Å². The van der Waals surface area contributed by atoms with E-state index in [1.54, 1.807) is 25.5 Å². The van der Waals surface area contributed by atoms with Crippen molar-refractivity contribution in [2.75, 3.05) is 12.4 Å². The van der Waals surface area contributed by atoms with E-state index in [0.717, 1.165) is 0 Å². The third-order valence-corrected chi connectivity index (χ3v) is 2.55. The Labute approximate surface area is 109 Å². The summed E-state index contributed by atoms with van der Waals surface area (Å²) in [6.45, 7) is 0.133. The van der Waals surface area contributed by atoms with Gasteiger partial charge in [0.1, 0.15) is 12.4 Å². The van der Waals surface area contributed by atoms with Crippen molar-refractivity contribution >= 4 is 17.4 Å². The van der Waals surface area contributed by atoms with Gasteiger partial charge in [-0.1, -0.05) is 17.7 Å². The van der Waals surface area contributed by atoms with Gasteiger partial charge < -0.3 is 10.1 Å². The molecule has 1 aromatic heterocycles. The Morgan fingerprint density at radius 1 is 1.33 bits per heavy atom. The maximum Gasteiger partial charge on any atom is 0.183 e. The Balaban J connectivity index is 2.04. The molecule has 2 rings (SSSR count). The quantitative estimate of drug-likeness (QED) is 0.925. The molecule has 0 amide bonds. The average molecular weight is 268 g/mol. The zero-order chi connectivity index (χ0) is 13.0. The first-order valence-corrected chi connectivity index (χ1v) is 5.64. The lowest BCUT2D eigenvalue weighted by atomic mass is 10.3. The molecule has 0 atom stereocenters. The van der Waals surface area contributed by atoms with Gasteiger partial charge in [0.15, 0.2) is 11.6 Å². The first kappa shape index (κ1) is 12.6. The molecule has 0 aliphatic rings. The summed E-state index contributed by atoms with van der Waals surface area (Å²) >= 11 is 5.64. The smallest absolute Gasteiger partial charge is 0.183 e. The summed E-state index contributed by atoms with van der Waals surface area (Å²) in [5.74, 6) is 0.189. The van der Waals surface area contributed by atoms with E-state index >= 15 is 0 Å². The van der Waals surface area contributed by atoms with Crippen LogP contribution in [0.1, 0.15) is 5.69 Å². The fourth-order valence-electron chi connectivity index (χ4n) is 1.31. The number of rotatable bonds is 4. The molecule has 0 saturated heterocycles. The predicted molar refractivity (Wildman–Crippen MR) is 67.3 cm³/mol. The van der Waals surface area contributed by atoms with Crippen molar-refractivity contribution in [2.24, 2.45) is 0 Å². The minimum Gasteiger partial charge on any atom is -0.484 e. The molecule has 2 aromatic rings. The Kier molecular flexibility index (Phi) is 3.94. The van der Waals surface area contributed by atoms with Gasteiger partial charge in [-0.15, -0.1) is 0 Å². The van der Waals surface area contributed by atoms with E-state index in [-0.39, 0.29) is 17.4 Å². The van der Waals surface area contributed by atoms with Crippen LogP contribution in [-0.2, 0) is 6.61 Å². The van der Waals surface area contributed by atoms with E-state index < -0.39 is 5.82 Å². The number of nitrogens with zero attached hydrogens (tertiary/aromatic N) is 2.